The van der Waals surface area contributed by atoms with E-state index in [1.807, 2.05) is 10.9 Å². The van der Waals surface area contributed by atoms with E-state index in [0.717, 1.165) is 25.8 Å². The summed E-state index contributed by atoms with van der Waals surface area (Å²) in [5, 5.41) is 12.1. The van der Waals surface area contributed by atoms with Crippen LogP contribution in [-0.2, 0) is 12.7 Å². The van der Waals surface area contributed by atoms with Gasteiger partial charge in [-0.15, -0.1) is 11.3 Å². The molecule has 5 rings (SSSR count). The monoisotopic (exact) mass is 520 g/mol. The van der Waals surface area contributed by atoms with Gasteiger partial charge >= 0.3 is 6.18 Å². The Morgan fingerprint density at radius 1 is 1.28 bits per heavy atom. The largest absolute Gasteiger partial charge is 0.443 e. The van der Waals surface area contributed by atoms with Gasteiger partial charge in [0.2, 0.25) is 5.65 Å². The lowest BCUT2D eigenvalue weighted by molar-refractivity contribution is -0.137. The average Bonchev–Trinajstić information content (AvgIpc) is 3.44. The summed E-state index contributed by atoms with van der Waals surface area (Å²) in [5.41, 5.74) is 1.55. The Bertz CT molecular complexity index is 1410. The van der Waals surface area contributed by atoms with Gasteiger partial charge in [0.15, 0.2) is 5.01 Å². The quantitative estimate of drug-likeness (QED) is 0.315. The molecule has 0 aliphatic carbocycles. The Morgan fingerprint density at radius 2 is 2.08 bits per heavy atom. The van der Waals surface area contributed by atoms with E-state index in [9.17, 15) is 22.4 Å². The van der Waals surface area contributed by atoms with E-state index < -0.39 is 29.0 Å². The molecule has 36 heavy (non-hydrogen) atoms. The van der Waals surface area contributed by atoms with Crippen molar-refractivity contribution in [1.82, 2.24) is 30.0 Å². The smallest absolute Gasteiger partial charge is 0.362 e. The molecule has 4 heterocycles. The number of benzene rings is 1. The van der Waals surface area contributed by atoms with Crippen molar-refractivity contribution in [3.05, 3.63) is 58.1 Å². The lowest BCUT2D eigenvalue weighted by Crippen LogP contribution is -2.44. The van der Waals surface area contributed by atoms with Crippen molar-refractivity contribution >= 4 is 39.9 Å². The molecule has 14 heteroatoms. The number of thiazole rings is 1. The molecule has 0 spiro atoms. The number of amides is 1. The number of nitrogens with one attached hydrogen (secondary N) is 3. The number of carbonyl (C=O) groups is 1. The fourth-order valence-electron chi connectivity index (χ4n) is 3.71. The number of aromatic nitrogens is 5. The van der Waals surface area contributed by atoms with Crippen LogP contribution in [0.2, 0.25) is 0 Å². The number of rotatable bonds is 7. The minimum Gasteiger partial charge on any atom is -0.362 e. The molecule has 0 saturated carbocycles. The fraction of sp³-hybridized carbons (Fsp3) is 0.318. The highest BCUT2D eigenvalue weighted by molar-refractivity contribution is 7.13. The first-order valence-corrected chi connectivity index (χ1v) is 11.8. The van der Waals surface area contributed by atoms with E-state index in [0.29, 0.717) is 22.9 Å². The Balaban J connectivity index is 1.28. The molecule has 0 radical (unpaired) electrons. The van der Waals surface area contributed by atoms with Crippen LogP contribution < -0.4 is 16.0 Å². The second kappa shape index (κ2) is 9.43. The van der Waals surface area contributed by atoms with Gasteiger partial charge in [0, 0.05) is 36.8 Å². The molecule has 0 unspecified atom stereocenters. The van der Waals surface area contributed by atoms with Crippen molar-refractivity contribution in [3.63, 3.8) is 0 Å². The molecule has 4 aromatic rings. The molecule has 0 bridgehead atoms. The van der Waals surface area contributed by atoms with Crippen LogP contribution in [0.3, 0.4) is 0 Å². The van der Waals surface area contributed by atoms with Gasteiger partial charge in [0.05, 0.1) is 24.6 Å². The Labute approximate surface area is 206 Å². The minimum absolute atomic E-state index is 0.212. The zero-order chi connectivity index (χ0) is 25.4. The fourth-order valence-corrected chi connectivity index (χ4v) is 4.38. The zero-order valence-electron chi connectivity index (χ0n) is 18.8. The standard InChI is InChI=1S/C22H20F4N8OS/c1-11(30-18-8-28-16-10-34(33-19(16)32-18)9-12-5-27-6-12)14-4-13(2-3-15(14)23)31-20(35)17-7-29-21(36-17)22(24,25)26/h2-4,7-8,10-12,27H,5-6,9H2,1H3,(H,31,35)(H,30,32,33)/t11-/m0/s1. The van der Waals surface area contributed by atoms with Crippen molar-refractivity contribution in [3.8, 4) is 0 Å². The highest BCUT2D eigenvalue weighted by Gasteiger charge is 2.35. The van der Waals surface area contributed by atoms with Gasteiger partial charge in [-0.05, 0) is 25.1 Å². The molecule has 1 aliphatic heterocycles. The molecular weight excluding hydrogens is 500 g/mol. The number of halogens is 4. The number of nitrogens with zero attached hydrogens (tertiary/aromatic N) is 5. The molecule has 188 valence electrons. The molecule has 9 nitrogen and oxygen atoms in total. The minimum atomic E-state index is -4.63. The van der Waals surface area contributed by atoms with Crippen molar-refractivity contribution in [2.75, 3.05) is 23.7 Å². The first kappa shape index (κ1) is 24.1. The highest BCUT2D eigenvalue weighted by Crippen LogP contribution is 2.33. The molecule has 1 saturated heterocycles. The van der Waals surface area contributed by atoms with Crippen LogP contribution >= 0.6 is 11.3 Å². The van der Waals surface area contributed by atoms with Gasteiger partial charge < -0.3 is 16.0 Å². The normalized spacial score (nSPS) is 15.0. The number of hydrogen-bond acceptors (Lipinski definition) is 8. The van der Waals surface area contributed by atoms with Crippen LogP contribution in [0.25, 0.3) is 11.2 Å². The van der Waals surface area contributed by atoms with E-state index >= 15 is 0 Å². The first-order chi connectivity index (χ1) is 17.2. The number of carbonyl (C=O) groups excluding carboxylic acids is 1. The topological polar surface area (TPSA) is 110 Å². The summed E-state index contributed by atoms with van der Waals surface area (Å²) in [6.45, 7) is 4.38. The predicted octanol–water partition coefficient (Wildman–Crippen LogP) is 4.09. The summed E-state index contributed by atoms with van der Waals surface area (Å²) in [4.78, 5) is 24.2. The van der Waals surface area contributed by atoms with Crippen LogP contribution in [-0.4, -0.2) is 43.7 Å². The third-order valence-corrected chi connectivity index (χ3v) is 6.68. The third kappa shape index (κ3) is 5.14. The summed E-state index contributed by atoms with van der Waals surface area (Å²) in [6, 6.07) is 3.33. The average molecular weight is 521 g/mol. The number of hydrogen-bond donors (Lipinski definition) is 3. The van der Waals surface area contributed by atoms with Gasteiger partial charge in [-0.25, -0.2) is 19.3 Å². The highest BCUT2D eigenvalue weighted by atomic mass is 32.1. The van der Waals surface area contributed by atoms with Gasteiger partial charge in [0.25, 0.3) is 5.91 Å². The molecule has 3 N–H and O–H groups in total. The van der Waals surface area contributed by atoms with E-state index in [-0.39, 0.29) is 27.5 Å². The first-order valence-electron chi connectivity index (χ1n) is 11.0. The maximum Gasteiger partial charge on any atom is 0.443 e. The van der Waals surface area contributed by atoms with Crippen LogP contribution in [0.1, 0.15) is 33.2 Å². The number of anilines is 2. The van der Waals surface area contributed by atoms with Crippen LogP contribution in [0.15, 0.2) is 36.8 Å². The molecule has 1 aliphatic rings. The second-order valence-corrected chi connectivity index (χ2v) is 9.45. The van der Waals surface area contributed by atoms with Gasteiger partial charge in [-0.3, -0.25) is 9.48 Å². The van der Waals surface area contributed by atoms with Crippen molar-refractivity contribution in [1.29, 1.82) is 0 Å². The predicted molar refractivity (Wildman–Crippen MR) is 125 cm³/mol. The van der Waals surface area contributed by atoms with Crippen molar-refractivity contribution in [2.24, 2.45) is 5.92 Å². The SMILES string of the molecule is C[C@H](Nc1cnc2cn(CC3CNC3)nc2n1)c1cc(NC(=O)c2cnc(C(F)(F)F)s2)ccc1F. The van der Waals surface area contributed by atoms with Crippen LogP contribution in [0.4, 0.5) is 29.1 Å². The Morgan fingerprint density at radius 3 is 2.78 bits per heavy atom. The van der Waals surface area contributed by atoms with E-state index in [4.69, 9.17) is 0 Å². The second-order valence-electron chi connectivity index (χ2n) is 8.42. The lowest BCUT2D eigenvalue weighted by atomic mass is 10.0. The molecule has 1 fully saturated rings. The zero-order valence-corrected chi connectivity index (χ0v) is 19.6. The molecule has 3 aromatic heterocycles. The summed E-state index contributed by atoms with van der Waals surface area (Å²) in [7, 11) is 0. The van der Waals surface area contributed by atoms with E-state index in [2.05, 4.69) is 36.0 Å². The molecular formula is C22H20F4N8OS. The van der Waals surface area contributed by atoms with Gasteiger partial charge in [-0.1, -0.05) is 0 Å². The maximum atomic E-state index is 14.6. The van der Waals surface area contributed by atoms with E-state index in [1.54, 1.807) is 6.92 Å². The molecule has 1 aromatic carbocycles. The van der Waals surface area contributed by atoms with Gasteiger partial charge in [0.1, 0.15) is 22.0 Å². The van der Waals surface area contributed by atoms with Crippen LogP contribution in [0.5, 0.6) is 0 Å². The molecule has 1 amide bonds. The van der Waals surface area contributed by atoms with Gasteiger partial charge in [-0.2, -0.15) is 18.3 Å². The summed E-state index contributed by atoms with van der Waals surface area (Å²) < 4.78 is 54.7. The Kier molecular flexibility index (Phi) is 6.30. The summed E-state index contributed by atoms with van der Waals surface area (Å²) in [6.07, 6.45) is -0.413. The summed E-state index contributed by atoms with van der Waals surface area (Å²) >= 11 is 0.232. The number of alkyl halides is 3. The van der Waals surface area contributed by atoms with Crippen LogP contribution in [0, 0.1) is 11.7 Å². The van der Waals surface area contributed by atoms with Crippen molar-refractivity contribution < 1.29 is 22.4 Å². The number of fused-ring (bicyclic) bond motifs is 1. The summed E-state index contributed by atoms with van der Waals surface area (Å²) in [5.74, 6) is -0.387. The molecule has 1 atom stereocenters. The van der Waals surface area contributed by atoms with Crippen molar-refractivity contribution in [2.45, 2.75) is 25.7 Å². The van der Waals surface area contributed by atoms with E-state index in [1.165, 1.54) is 24.4 Å². The third-order valence-electron chi connectivity index (χ3n) is 5.64. The Hall–Kier alpha value is -3.65. The maximum absolute atomic E-state index is 14.6. The lowest BCUT2D eigenvalue weighted by Gasteiger charge is -2.26.